The Kier molecular flexibility index (Phi) is 7.72. The van der Waals surface area contributed by atoms with E-state index in [0.717, 1.165) is 32.3 Å². The van der Waals surface area contributed by atoms with Gasteiger partial charge in [-0.3, -0.25) is 9.59 Å². The molecule has 2 amide bonds. The predicted molar refractivity (Wildman–Crippen MR) is 144 cm³/mol. The summed E-state index contributed by atoms with van der Waals surface area (Å²) in [6.45, 7) is 0. The molecule has 0 heterocycles. The smallest absolute Gasteiger partial charge is 0.255 e. The van der Waals surface area contributed by atoms with E-state index in [-0.39, 0.29) is 11.8 Å². The SMILES string of the molecule is CSc1ccc(C(=O)Nc2ccc(-c3ccc(NC(=O)c4ccc(SC)cc4)cc3)cc2)cc1. The maximum absolute atomic E-state index is 12.5. The third-order valence-corrected chi connectivity index (χ3v) is 6.81. The Bertz CT molecular complexity index is 1170. The molecule has 0 aliphatic carbocycles. The molecule has 0 atom stereocenters. The molecule has 170 valence electrons. The van der Waals surface area contributed by atoms with Gasteiger partial charge in [-0.15, -0.1) is 23.5 Å². The molecule has 4 rings (SSSR count). The normalized spacial score (nSPS) is 10.5. The molecule has 0 radical (unpaired) electrons. The fourth-order valence-corrected chi connectivity index (χ4v) is 4.20. The van der Waals surface area contributed by atoms with Gasteiger partial charge >= 0.3 is 0 Å². The van der Waals surface area contributed by atoms with Crippen LogP contribution in [0.5, 0.6) is 0 Å². The van der Waals surface area contributed by atoms with Crippen molar-refractivity contribution in [2.45, 2.75) is 9.79 Å². The highest BCUT2D eigenvalue weighted by Gasteiger charge is 2.08. The van der Waals surface area contributed by atoms with Crippen LogP contribution in [0.25, 0.3) is 11.1 Å². The van der Waals surface area contributed by atoms with Crippen LogP contribution in [0.2, 0.25) is 0 Å². The van der Waals surface area contributed by atoms with Crippen molar-refractivity contribution in [3.63, 3.8) is 0 Å². The molecule has 34 heavy (non-hydrogen) atoms. The number of amides is 2. The van der Waals surface area contributed by atoms with Gasteiger partial charge in [0.15, 0.2) is 0 Å². The number of nitrogens with one attached hydrogen (secondary N) is 2. The number of hydrogen-bond donors (Lipinski definition) is 2. The van der Waals surface area contributed by atoms with Crippen LogP contribution in [0.1, 0.15) is 20.7 Å². The van der Waals surface area contributed by atoms with Gasteiger partial charge in [0.2, 0.25) is 0 Å². The number of anilines is 2. The van der Waals surface area contributed by atoms with Crippen molar-refractivity contribution in [1.82, 2.24) is 0 Å². The van der Waals surface area contributed by atoms with Crippen LogP contribution in [0.15, 0.2) is 107 Å². The van der Waals surface area contributed by atoms with Crippen molar-refractivity contribution in [2.75, 3.05) is 23.1 Å². The molecule has 0 spiro atoms. The van der Waals surface area contributed by atoms with Crippen molar-refractivity contribution in [3.8, 4) is 11.1 Å². The second-order valence-electron chi connectivity index (χ2n) is 7.52. The number of rotatable bonds is 7. The molecule has 4 aromatic carbocycles. The first-order valence-corrected chi connectivity index (χ1v) is 13.1. The van der Waals surface area contributed by atoms with Crippen LogP contribution in [0, 0.1) is 0 Å². The Morgan fingerprint density at radius 1 is 0.500 bits per heavy atom. The predicted octanol–water partition coefficient (Wildman–Crippen LogP) is 7.30. The molecule has 0 unspecified atom stereocenters. The minimum absolute atomic E-state index is 0.136. The maximum atomic E-state index is 12.5. The summed E-state index contributed by atoms with van der Waals surface area (Å²) in [5, 5.41) is 5.87. The molecular weight excluding hydrogens is 460 g/mol. The lowest BCUT2D eigenvalue weighted by Gasteiger charge is -2.09. The lowest BCUT2D eigenvalue weighted by atomic mass is 10.0. The first-order chi connectivity index (χ1) is 16.6. The van der Waals surface area contributed by atoms with Gasteiger partial charge in [0, 0.05) is 32.3 Å². The van der Waals surface area contributed by atoms with Crippen LogP contribution in [-0.4, -0.2) is 24.3 Å². The van der Waals surface area contributed by atoms with Gasteiger partial charge < -0.3 is 10.6 Å². The van der Waals surface area contributed by atoms with Crippen LogP contribution in [0.4, 0.5) is 11.4 Å². The monoisotopic (exact) mass is 484 g/mol. The van der Waals surface area contributed by atoms with E-state index in [0.29, 0.717) is 11.1 Å². The summed E-state index contributed by atoms with van der Waals surface area (Å²) in [6.07, 6.45) is 4.01. The number of carbonyl (C=O) groups excluding carboxylic acids is 2. The first-order valence-electron chi connectivity index (χ1n) is 10.7. The van der Waals surface area contributed by atoms with E-state index in [1.165, 1.54) is 0 Å². The zero-order valence-corrected chi connectivity index (χ0v) is 20.5. The molecular formula is C28H24N2O2S2. The largest absolute Gasteiger partial charge is 0.322 e. The summed E-state index contributed by atoms with van der Waals surface area (Å²) >= 11 is 3.29. The summed E-state index contributed by atoms with van der Waals surface area (Å²) in [5.41, 5.74) is 4.76. The minimum Gasteiger partial charge on any atom is -0.322 e. The summed E-state index contributed by atoms with van der Waals surface area (Å²) in [5.74, 6) is -0.271. The summed E-state index contributed by atoms with van der Waals surface area (Å²) < 4.78 is 0. The van der Waals surface area contributed by atoms with Crippen molar-refractivity contribution in [1.29, 1.82) is 0 Å². The van der Waals surface area contributed by atoms with Crippen LogP contribution >= 0.6 is 23.5 Å². The highest BCUT2D eigenvalue weighted by Crippen LogP contribution is 2.24. The lowest BCUT2D eigenvalue weighted by molar-refractivity contribution is 0.101. The number of benzene rings is 4. The molecule has 6 heteroatoms. The van der Waals surface area contributed by atoms with Gasteiger partial charge in [0.05, 0.1) is 0 Å². The minimum atomic E-state index is -0.136. The van der Waals surface area contributed by atoms with Gasteiger partial charge in [0.1, 0.15) is 0 Å². The van der Waals surface area contributed by atoms with Crippen LogP contribution in [0.3, 0.4) is 0 Å². The average molecular weight is 485 g/mol. The molecule has 0 aromatic heterocycles. The van der Waals surface area contributed by atoms with Gasteiger partial charge in [-0.25, -0.2) is 0 Å². The fraction of sp³-hybridized carbons (Fsp3) is 0.0714. The summed E-state index contributed by atoms with van der Waals surface area (Å²) in [7, 11) is 0. The molecule has 0 bridgehead atoms. The van der Waals surface area contributed by atoms with E-state index in [1.807, 2.05) is 110 Å². The number of carbonyl (C=O) groups is 2. The second kappa shape index (κ2) is 11.1. The van der Waals surface area contributed by atoms with E-state index < -0.39 is 0 Å². The third-order valence-electron chi connectivity index (χ3n) is 5.32. The summed E-state index contributed by atoms with van der Waals surface area (Å²) in [4.78, 5) is 27.2. The highest BCUT2D eigenvalue weighted by atomic mass is 32.2. The zero-order chi connectivity index (χ0) is 23.9. The Balaban J connectivity index is 1.37. The Labute approximate surface area is 208 Å². The Morgan fingerprint density at radius 3 is 1.12 bits per heavy atom. The van der Waals surface area contributed by atoms with Gasteiger partial charge in [0.25, 0.3) is 11.8 Å². The molecule has 0 saturated carbocycles. The Hall–Kier alpha value is -3.48. The Morgan fingerprint density at radius 2 is 0.824 bits per heavy atom. The van der Waals surface area contributed by atoms with Gasteiger partial charge in [-0.05, 0) is 96.4 Å². The lowest BCUT2D eigenvalue weighted by Crippen LogP contribution is -2.11. The maximum Gasteiger partial charge on any atom is 0.255 e. The molecule has 0 aliphatic heterocycles. The standard InChI is InChI=1S/C28H24N2O2S2/c1-33-25-15-7-21(8-16-25)27(31)29-23-11-3-19(4-12-23)20-5-13-24(14-6-20)30-28(32)22-9-17-26(34-2)18-10-22/h3-18H,1-2H3,(H,29,31)(H,30,32). The second-order valence-corrected chi connectivity index (χ2v) is 9.28. The zero-order valence-electron chi connectivity index (χ0n) is 18.9. The fourth-order valence-electron chi connectivity index (χ4n) is 3.38. The molecule has 2 N–H and O–H groups in total. The molecule has 0 saturated heterocycles. The topological polar surface area (TPSA) is 58.2 Å². The van der Waals surface area contributed by atoms with Gasteiger partial charge in [-0.2, -0.15) is 0 Å². The van der Waals surface area contributed by atoms with Crippen molar-refractivity contribution >= 4 is 46.7 Å². The van der Waals surface area contributed by atoms with Crippen molar-refractivity contribution in [2.24, 2.45) is 0 Å². The van der Waals surface area contributed by atoms with Gasteiger partial charge in [-0.1, -0.05) is 24.3 Å². The van der Waals surface area contributed by atoms with E-state index >= 15 is 0 Å². The van der Waals surface area contributed by atoms with Crippen molar-refractivity contribution < 1.29 is 9.59 Å². The first kappa shape index (κ1) is 23.7. The molecule has 0 aliphatic rings. The molecule has 4 aromatic rings. The van der Waals surface area contributed by atoms with E-state index in [4.69, 9.17) is 0 Å². The highest BCUT2D eigenvalue weighted by molar-refractivity contribution is 7.98. The van der Waals surface area contributed by atoms with Crippen LogP contribution < -0.4 is 10.6 Å². The van der Waals surface area contributed by atoms with E-state index in [1.54, 1.807) is 23.5 Å². The van der Waals surface area contributed by atoms with Crippen molar-refractivity contribution in [3.05, 3.63) is 108 Å². The van der Waals surface area contributed by atoms with E-state index in [2.05, 4.69) is 10.6 Å². The summed E-state index contributed by atoms with van der Waals surface area (Å²) in [6, 6.07) is 30.5. The number of thioether (sulfide) groups is 2. The van der Waals surface area contributed by atoms with Crippen LogP contribution in [-0.2, 0) is 0 Å². The quantitative estimate of drug-likeness (QED) is 0.270. The average Bonchev–Trinajstić information content (AvgIpc) is 2.89. The van der Waals surface area contributed by atoms with E-state index in [9.17, 15) is 9.59 Å². The third kappa shape index (κ3) is 5.90. The number of hydrogen-bond acceptors (Lipinski definition) is 4. The molecule has 4 nitrogen and oxygen atoms in total. The molecule has 0 fully saturated rings.